The fourth-order valence-corrected chi connectivity index (χ4v) is 1.63. The molecule has 3 heteroatoms. The van der Waals surface area contributed by atoms with Crippen LogP contribution in [0.4, 0.5) is 0 Å². The molecule has 1 N–H and O–H groups in total. The lowest BCUT2D eigenvalue weighted by atomic mass is 10.2. The normalized spacial score (nSPS) is 10.3. The molecular weight excluding hydrogens is 226 g/mol. The number of benzene rings is 1. The predicted octanol–water partition coefficient (Wildman–Crippen LogP) is 3.24. The molecule has 0 aliphatic heterocycles. The molecule has 0 saturated carbocycles. The van der Waals surface area contributed by atoms with E-state index in [1.54, 1.807) is 0 Å². The Balaban J connectivity index is 2.36. The van der Waals surface area contributed by atoms with Crippen LogP contribution >= 0.6 is 0 Å². The zero-order valence-corrected chi connectivity index (χ0v) is 11.6. The second-order valence-electron chi connectivity index (χ2n) is 4.20. The molecule has 1 aromatic carbocycles. The average Bonchev–Trinajstić information content (AvgIpc) is 2.41. The van der Waals surface area contributed by atoms with Gasteiger partial charge in [0.05, 0.1) is 6.61 Å². The Morgan fingerprint density at radius 1 is 0.944 bits per heavy atom. The highest BCUT2D eigenvalue weighted by Gasteiger charge is 2.03. The van der Waals surface area contributed by atoms with Gasteiger partial charge in [-0.2, -0.15) is 0 Å². The lowest BCUT2D eigenvalue weighted by molar-refractivity contribution is 0.263. The van der Waals surface area contributed by atoms with E-state index >= 15 is 0 Å². The molecule has 18 heavy (non-hydrogen) atoms. The topological polar surface area (TPSA) is 30.5 Å². The summed E-state index contributed by atoms with van der Waals surface area (Å²) in [5.74, 6) is 1.69. The minimum absolute atomic E-state index is 0.670. The fraction of sp³-hybridized carbons (Fsp3) is 0.600. The summed E-state index contributed by atoms with van der Waals surface area (Å²) < 4.78 is 11.5. The Kier molecular flexibility index (Phi) is 8.06. The Morgan fingerprint density at radius 3 is 2.22 bits per heavy atom. The zero-order valence-electron chi connectivity index (χ0n) is 11.6. The second-order valence-corrected chi connectivity index (χ2v) is 4.20. The molecule has 0 heterocycles. The van der Waals surface area contributed by atoms with E-state index in [2.05, 4.69) is 19.2 Å². The highest BCUT2D eigenvalue weighted by Crippen LogP contribution is 2.26. The van der Waals surface area contributed by atoms with Crippen molar-refractivity contribution in [1.82, 2.24) is 5.32 Å². The molecule has 0 radical (unpaired) electrons. The van der Waals surface area contributed by atoms with Gasteiger partial charge in [-0.15, -0.1) is 0 Å². The monoisotopic (exact) mass is 251 g/mol. The highest BCUT2D eigenvalue weighted by molar-refractivity contribution is 5.39. The third-order valence-corrected chi connectivity index (χ3v) is 2.64. The first-order chi connectivity index (χ1) is 8.88. The number of hydrogen-bond acceptors (Lipinski definition) is 3. The molecule has 1 aromatic rings. The summed E-state index contributed by atoms with van der Waals surface area (Å²) >= 11 is 0. The van der Waals surface area contributed by atoms with Crippen molar-refractivity contribution in [2.45, 2.75) is 33.1 Å². The van der Waals surface area contributed by atoms with Gasteiger partial charge in [0, 0.05) is 6.54 Å². The molecule has 3 nitrogen and oxygen atoms in total. The zero-order chi connectivity index (χ0) is 13.1. The lowest BCUT2D eigenvalue weighted by Crippen LogP contribution is -2.20. The van der Waals surface area contributed by atoms with Gasteiger partial charge in [-0.3, -0.25) is 0 Å². The van der Waals surface area contributed by atoms with Crippen LogP contribution in [0.1, 0.15) is 33.1 Å². The molecule has 0 aliphatic rings. The molecule has 0 amide bonds. The van der Waals surface area contributed by atoms with Gasteiger partial charge in [-0.25, -0.2) is 0 Å². The molecule has 1 rings (SSSR count). The number of likely N-dealkylation sites (N-methyl/N-ethyl adjacent to an activating group) is 1. The summed E-state index contributed by atoms with van der Waals surface area (Å²) in [7, 11) is 0. The van der Waals surface area contributed by atoms with E-state index in [0.29, 0.717) is 6.61 Å². The Labute approximate surface area is 110 Å². The average molecular weight is 251 g/mol. The van der Waals surface area contributed by atoms with Crippen LogP contribution in [0.15, 0.2) is 24.3 Å². The van der Waals surface area contributed by atoms with E-state index in [0.717, 1.165) is 37.6 Å². The van der Waals surface area contributed by atoms with Gasteiger partial charge in [-0.1, -0.05) is 38.8 Å². The van der Waals surface area contributed by atoms with Crippen LogP contribution in [-0.4, -0.2) is 26.3 Å². The quantitative estimate of drug-likeness (QED) is 0.648. The SMILES string of the molecule is CCCCCOc1ccccc1OCCNCC. The number of rotatable bonds is 10. The summed E-state index contributed by atoms with van der Waals surface area (Å²) in [6.45, 7) is 7.55. The molecule has 0 aliphatic carbocycles. The molecule has 0 fully saturated rings. The number of nitrogens with one attached hydrogen (secondary N) is 1. The van der Waals surface area contributed by atoms with Crippen molar-refractivity contribution in [3.8, 4) is 11.5 Å². The summed E-state index contributed by atoms with van der Waals surface area (Å²) in [5, 5.41) is 3.23. The van der Waals surface area contributed by atoms with Crippen molar-refractivity contribution in [2.75, 3.05) is 26.3 Å². The van der Waals surface area contributed by atoms with Gasteiger partial charge in [0.1, 0.15) is 6.61 Å². The predicted molar refractivity (Wildman–Crippen MR) is 75.5 cm³/mol. The first kappa shape index (κ1) is 14.8. The Hall–Kier alpha value is -1.22. The third-order valence-electron chi connectivity index (χ3n) is 2.64. The maximum Gasteiger partial charge on any atom is 0.161 e. The largest absolute Gasteiger partial charge is 0.490 e. The summed E-state index contributed by atoms with van der Waals surface area (Å²) in [5.41, 5.74) is 0. The van der Waals surface area contributed by atoms with E-state index in [4.69, 9.17) is 9.47 Å². The van der Waals surface area contributed by atoms with Crippen LogP contribution in [0.3, 0.4) is 0 Å². The molecule has 102 valence electrons. The van der Waals surface area contributed by atoms with Gasteiger partial charge >= 0.3 is 0 Å². The summed E-state index contributed by atoms with van der Waals surface area (Å²) in [6, 6.07) is 7.88. The van der Waals surface area contributed by atoms with Gasteiger partial charge in [0.15, 0.2) is 11.5 Å². The highest BCUT2D eigenvalue weighted by atomic mass is 16.5. The maximum atomic E-state index is 5.75. The fourth-order valence-electron chi connectivity index (χ4n) is 1.63. The lowest BCUT2D eigenvalue weighted by Gasteiger charge is -2.12. The van der Waals surface area contributed by atoms with Crippen LogP contribution < -0.4 is 14.8 Å². The molecular formula is C15H25NO2. The van der Waals surface area contributed by atoms with E-state index in [9.17, 15) is 0 Å². The van der Waals surface area contributed by atoms with Crippen molar-refractivity contribution in [3.05, 3.63) is 24.3 Å². The first-order valence-corrected chi connectivity index (χ1v) is 6.93. The van der Waals surface area contributed by atoms with Crippen LogP contribution in [0.25, 0.3) is 0 Å². The molecule has 0 spiro atoms. The molecule has 0 saturated heterocycles. The van der Waals surface area contributed by atoms with Gasteiger partial charge < -0.3 is 14.8 Å². The standard InChI is InChI=1S/C15H25NO2/c1-3-5-8-12-17-14-9-6-7-10-15(14)18-13-11-16-4-2/h6-7,9-10,16H,3-5,8,11-13H2,1-2H3. The number of unbranched alkanes of at least 4 members (excludes halogenated alkanes) is 2. The van der Waals surface area contributed by atoms with Gasteiger partial charge in [-0.05, 0) is 25.1 Å². The molecule has 0 unspecified atom stereocenters. The van der Waals surface area contributed by atoms with Crippen LogP contribution in [0, 0.1) is 0 Å². The number of ether oxygens (including phenoxy) is 2. The van der Waals surface area contributed by atoms with Crippen molar-refractivity contribution in [2.24, 2.45) is 0 Å². The third kappa shape index (κ3) is 5.92. The van der Waals surface area contributed by atoms with Crippen LogP contribution in [0.2, 0.25) is 0 Å². The van der Waals surface area contributed by atoms with E-state index in [1.807, 2.05) is 24.3 Å². The van der Waals surface area contributed by atoms with E-state index in [-0.39, 0.29) is 0 Å². The summed E-state index contributed by atoms with van der Waals surface area (Å²) in [4.78, 5) is 0. The van der Waals surface area contributed by atoms with E-state index in [1.165, 1.54) is 12.8 Å². The van der Waals surface area contributed by atoms with Crippen molar-refractivity contribution < 1.29 is 9.47 Å². The van der Waals surface area contributed by atoms with Crippen molar-refractivity contribution >= 4 is 0 Å². The second kappa shape index (κ2) is 9.77. The molecule has 0 atom stereocenters. The maximum absolute atomic E-state index is 5.75. The van der Waals surface area contributed by atoms with Gasteiger partial charge in [0.25, 0.3) is 0 Å². The van der Waals surface area contributed by atoms with Gasteiger partial charge in [0.2, 0.25) is 0 Å². The minimum atomic E-state index is 0.670. The van der Waals surface area contributed by atoms with Crippen molar-refractivity contribution in [1.29, 1.82) is 0 Å². The first-order valence-electron chi connectivity index (χ1n) is 6.93. The van der Waals surface area contributed by atoms with Crippen LogP contribution in [0.5, 0.6) is 11.5 Å². The smallest absolute Gasteiger partial charge is 0.161 e. The molecule has 0 bridgehead atoms. The number of para-hydroxylation sites is 2. The van der Waals surface area contributed by atoms with Crippen LogP contribution in [-0.2, 0) is 0 Å². The Bertz CT molecular complexity index is 284. The summed E-state index contributed by atoms with van der Waals surface area (Å²) in [6.07, 6.45) is 3.52. The van der Waals surface area contributed by atoms with E-state index < -0.39 is 0 Å². The molecule has 0 aromatic heterocycles. The number of hydrogen-bond donors (Lipinski definition) is 1. The minimum Gasteiger partial charge on any atom is -0.490 e. The van der Waals surface area contributed by atoms with Crippen molar-refractivity contribution in [3.63, 3.8) is 0 Å². The Morgan fingerprint density at radius 2 is 1.61 bits per heavy atom.